The molecule has 0 aliphatic carbocycles. The summed E-state index contributed by atoms with van der Waals surface area (Å²) in [5.41, 5.74) is 0.0400. The van der Waals surface area contributed by atoms with Crippen LogP contribution in [-0.4, -0.2) is 14.4 Å². The van der Waals surface area contributed by atoms with Crippen molar-refractivity contribution in [1.29, 1.82) is 5.26 Å². The van der Waals surface area contributed by atoms with E-state index in [0.29, 0.717) is 17.8 Å². The van der Waals surface area contributed by atoms with Gasteiger partial charge < -0.3 is 0 Å². The predicted molar refractivity (Wildman–Crippen MR) is 72.8 cm³/mol. The van der Waals surface area contributed by atoms with Crippen molar-refractivity contribution in [3.05, 3.63) is 52.5 Å². The van der Waals surface area contributed by atoms with E-state index < -0.39 is 23.0 Å². The Morgan fingerprint density at radius 3 is 2.41 bits per heavy atom. The monoisotopic (exact) mass is 322 g/mol. The van der Waals surface area contributed by atoms with Gasteiger partial charge in [-0.05, 0) is 6.92 Å². The van der Waals surface area contributed by atoms with Crippen molar-refractivity contribution in [2.45, 2.75) is 6.92 Å². The van der Waals surface area contributed by atoms with E-state index in [9.17, 15) is 13.2 Å². The van der Waals surface area contributed by atoms with Crippen molar-refractivity contribution in [2.24, 2.45) is 0 Å². The van der Waals surface area contributed by atoms with E-state index in [-0.39, 0.29) is 22.1 Å². The van der Waals surface area contributed by atoms with E-state index >= 15 is 0 Å². The molecule has 0 radical (unpaired) electrons. The van der Waals surface area contributed by atoms with Gasteiger partial charge in [0.25, 0.3) is 0 Å². The number of fused-ring (bicyclic) bond motifs is 1. The van der Waals surface area contributed by atoms with Gasteiger partial charge in [0.1, 0.15) is 35.0 Å². The predicted octanol–water partition coefficient (Wildman–Crippen LogP) is 3.65. The van der Waals surface area contributed by atoms with Gasteiger partial charge in [-0.3, -0.25) is 4.40 Å². The van der Waals surface area contributed by atoms with Gasteiger partial charge in [-0.15, -0.1) is 0 Å². The Balaban J connectivity index is 2.41. The first-order valence-corrected chi connectivity index (χ1v) is 6.40. The van der Waals surface area contributed by atoms with Crippen molar-refractivity contribution in [3.63, 3.8) is 0 Å². The molecule has 2 heterocycles. The molecule has 0 atom stereocenters. The highest BCUT2D eigenvalue weighted by Crippen LogP contribution is 2.35. The summed E-state index contributed by atoms with van der Waals surface area (Å²) >= 11 is 6.02. The van der Waals surface area contributed by atoms with Crippen LogP contribution in [0.2, 0.25) is 5.15 Å². The molecule has 1 aromatic carbocycles. The highest BCUT2D eigenvalue weighted by molar-refractivity contribution is 6.32. The molecule has 0 unspecified atom stereocenters. The van der Waals surface area contributed by atoms with Crippen molar-refractivity contribution in [2.75, 3.05) is 0 Å². The summed E-state index contributed by atoms with van der Waals surface area (Å²) in [7, 11) is 0. The minimum Gasteiger partial charge on any atom is -0.286 e. The Morgan fingerprint density at radius 2 is 1.82 bits per heavy atom. The molecule has 0 spiro atoms. The van der Waals surface area contributed by atoms with Gasteiger partial charge in [0.15, 0.2) is 11.3 Å². The number of hydrogen-bond acceptors (Lipinski definition) is 3. The number of nitrogens with zero attached hydrogens (tertiary/aromatic N) is 4. The number of rotatable bonds is 1. The molecule has 0 amide bonds. The molecule has 8 heteroatoms. The summed E-state index contributed by atoms with van der Waals surface area (Å²) in [5, 5.41) is 8.74. The first-order chi connectivity index (χ1) is 10.4. The maximum atomic E-state index is 14.0. The van der Waals surface area contributed by atoms with Gasteiger partial charge in [0.2, 0.25) is 0 Å². The maximum Gasteiger partial charge on any atom is 0.185 e. The Bertz CT molecular complexity index is 936. The van der Waals surface area contributed by atoms with E-state index in [2.05, 4.69) is 9.97 Å². The van der Waals surface area contributed by atoms with Gasteiger partial charge in [0, 0.05) is 23.4 Å². The molecule has 3 rings (SSSR count). The highest BCUT2D eigenvalue weighted by atomic mass is 35.5. The summed E-state index contributed by atoms with van der Waals surface area (Å²) in [6.07, 6.45) is 1.30. The minimum atomic E-state index is -1.09. The second-order valence-corrected chi connectivity index (χ2v) is 4.86. The normalized spacial score (nSPS) is 10.9. The van der Waals surface area contributed by atoms with Crippen LogP contribution >= 0.6 is 11.6 Å². The van der Waals surface area contributed by atoms with Crippen molar-refractivity contribution < 1.29 is 13.2 Å². The molecule has 0 fully saturated rings. The number of halogens is 4. The lowest BCUT2D eigenvalue weighted by atomic mass is 10.0. The van der Waals surface area contributed by atoms with E-state index in [1.165, 1.54) is 10.7 Å². The standard InChI is InChI=1S/C14H6ClF3N4/c1-6-11(12-8(17)2-7(16)3-9(12)18)13(15)21-14-10(4-19)20-5-22(6)14/h2-3,5H,1H3. The molecule has 4 nitrogen and oxygen atoms in total. The molecule has 0 bridgehead atoms. The lowest BCUT2D eigenvalue weighted by Crippen LogP contribution is -2.02. The largest absolute Gasteiger partial charge is 0.286 e. The number of aromatic nitrogens is 3. The zero-order valence-corrected chi connectivity index (χ0v) is 11.8. The second-order valence-electron chi connectivity index (χ2n) is 4.51. The fraction of sp³-hybridized carbons (Fsp3) is 0.0714. The molecule has 2 aromatic heterocycles. The summed E-state index contributed by atoms with van der Waals surface area (Å²) in [4.78, 5) is 7.81. The maximum absolute atomic E-state index is 14.0. The van der Waals surface area contributed by atoms with Crippen molar-refractivity contribution >= 4 is 17.2 Å². The Kier molecular flexibility index (Phi) is 3.26. The third-order valence-electron chi connectivity index (χ3n) is 3.24. The first kappa shape index (κ1) is 14.4. The van der Waals surface area contributed by atoms with Crippen LogP contribution in [0.15, 0.2) is 18.5 Å². The number of imidazole rings is 1. The molecule has 110 valence electrons. The zero-order chi connectivity index (χ0) is 16.0. The van der Waals surface area contributed by atoms with Crippen LogP contribution in [0.4, 0.5) is 13.2 Å². The average molecular weight is 323 g/mol. The van der Waals surface area contributed by atoms with Crippen LogP contribution in [0.25, 0.3) is 16.8 Å². The molecule has 0 saturated heterocycles. The van der Waals surface area contributed by atoms with Crippen LogP contribution in [0.1, 0.15) is 11.4 Å². The van der Waals surface area contributed by atoms with Crippen LogP contribution < -0.4 is 0 Å². The molecule has 0 N–H and O–H groups in total. The minimum absolute atomic E-state index is 0.0222. The van der Waals surface area contributed by atoms with Gasteiger partial charge in [-0.2, -0.15) is 5.26 Å². The summed E-state index contributed by atoms with van der Waals surface area (Å²) in [6.45, 7) is 1.54. The van der Waals surface area contributed by atoms with Gasteiger partial charge in [0.05, 0.1) is 5.56 Å². The highest BCUT2D eigenvalue weighted by Gasteiger charge is 2.22. The average Bonchev–Trinajstić information content (AvgIpc) is 2.84. The number of hydrogen-bond donors (Lipinski definition) is 0. The smallest absolute Gasteiger partial charge is 0.185 e. The van der Waals surface area contributed by atoms with Crippen LogP contribution in [-0.2, 0) is 0 Å². The van der Waals surface area contributed by atoms with Crippen molar-refractivity contribution in [1.82, 2.24) is 14.4 Å². The van der Waals surface area contributed by atoms with Gasteiger partial charge in [-0.1, -0.05) is 11.6 Å². The molecule has 3 aromatic rings. The van der Waals surface area contributed by atoms with E-state index in [4.69, 9.17) is 16.9 Å². The van der Waals surface area contributed by atoms with Crippen LogP contribution in [0.3, 0.4) is 0 Å². The van der Waals surface area contributed by atoms with Crippen LogP contribution in [0.5, 0.6) is 0 Å². The summed E-state index contributed by atoms with van der Waals surface area (Å²) in [5.74, 6) is -3.22. The topological polar surface area (TPSA) is 54.0 Å². The fourth-order valence-electron chi connectivity index (χ4n) is 2.26. The quantitative estimate of drug-likeness (QED) is 0.643. The molecule has 22 heavy (non-hydrogen) atoms. The van der Waals surface area contributed by atoms with Crippen LogP contribution in [0, 0.1) is 35.7 Å². The second kappa shape index (κ2) is 5.00. The lowest BCUT2D eigenvalue weighted by molar-refractivity contribution is 0.547. The Labute approximate surface area is 127 Å². The third-order valence-corrected chi connectivity index (χ3v) is 3.51. The fourth-order valence-corrected chi connectivity index (χ4v) is 2.57. The Hall–Kier alpha value is -2.59. The molecular weight excluding hydrogens is 317 g/mol. The first-order valence-electron chi connectivity index (χ1n) is 6.02. The molecule has 0 saturated carbocycles. The lowest BCUT2D eigenvalue weighted by Gasteiger charge is -2.12. The van der Waals surface area contributed by atoms with E-state index in [0.717, 1.165) is 0 Å². The zero-order valence-electron chi connectivity index (χ0n) is 11.0. The SMILES string of the molecule is Cc1c(-c2c(F)cc(F)cc2F)c(Cl)nc2c(C#N)ncn12. The number of benzene rings is 1. The Morgan fingerprint density at radius 1 is 1.18 bits per heavy atom. The van der Waals surface area contributed by atoms with E-state index in [1.807, 2.05) is 6.07 Å². The number of nitriles is 1. The molecule has 0 aliphatic heterocycles. The summed E-state index contributed by atoms with van der Waals surface area (Å²) < 4.78 is 42.4. The molecule has 0 aliphatic rings. The van der Waals surface area contributed by atoms with Gasteiger partial charge >= 0.3 is 0 Å². The van der Waals surface area contributed by atoms with Gasteiger partial charge in [-0.25, -0.2) is 23.1 Å². The number of aryl methyl sites for hydroxylation is 1. The summed E-state index contributed by atoms with van der Waals surface area (Å²) in [6, 6.07) is 2.97. The third kappa shape index (κ3) is 2.00. The van der Waals surface area contributed by atoms with Crippen molar-refractivity contribution in [3.8, 4) is 17.2 Å². The molecular formula is C14H6ClF3N4. The van der Waals surface area contributed by atoms with E-state index in [1.54, 1.807) is 6.92 Å².